The molecular weight excluding hydrogens is 242 g/mol. The molecule has 0 aliphatic heterocycles. The minimum Gasteiger partial charge on any atom is -0.366 e. The van der Waals surface area contributed by atoms with Crippen LogP contribution in [0.3, 0.4) is 0 Å². The highest BCUT2D eigenvalue weighted by Crippen LogP contribution is 2.38. The molecule has 2 aromatic heterocycles. The summed E-state index contributed by atoms with van der Waals surface area (Å²) in [5.41, 5.74) is 1.40. The van der Waals surface area contributed by atoms with Crippen LogP contribution >= 0.6 is 11.3 Å². The molecule has 0 aromatic carbocycles. The van der Waals surface area contributed by atoms with E-state index in [4.69, 9.17) is 0 Å². The Hall–Kier alpha value is -1.16. The van der Waals surface area contributed by atoms with E-state index < -0.39 is 0 Å². The third kappa shape index (κ3) is 2.09. The SMILES string of the molecule is CC1(C)CCCCC1Nc1ncnc2ccsc12. The van der Waals surface area contributed by atoms with Crippen molar-refractivity contribution in [1.82, 2.24) is 9.97 Å². The fourth-order valence-electron chi connectivity index (χ4n) is 2.82. The van der Waals surface area contributed by atoms with Gasteiger partial charge in [-0.2, -0.15) is 0 Å². The summed E-state index contributed by atoms with van der Waals surface area (Å²) in [6, 6.07) is 2.57. The molecule has 1 atom stereocenters. The molecule has 2 aromatic rings. The minimum absolute atomic E-state index is 0.354. The Bertz CT molecular complexity index is 547. The van der Waals surface area contributed by atoms with Gasteiger partial charge in [0, 0.05) is 6.04 Å². The normalized spacial score (nSPS) is 23.1. The summed E-state index contributed by atoms with van der Waals surface area (Å²) in [5.74, 6) is 1.01. The van der Waals surface area contributed by atoms with Crippen LogP contribution < -0.4 is 5.32 Å². The van der Waals surface area contributed by atoms with Crippen LogP contribution in [-0.4, -0.2) is 16.0 Å². The molecule has 0 spiro atoms. The van der Waals surface area contributed by atoms with E-state index in [1.165, 1.54) is 30.4 Å². The van der Waals surface area contributed by atoms with Crippen molar-refractivity contribution in [2.45, 2.75) is 45.6 Å². The van der Waals surface area contributed by atoms with E-state index in [2.05, 4.69) is 40.6 Å². The zero-order chi connectivity index (χ0) is 12.6. The van der Waals surface area contributed by atoms with Crippen LogP contribution in [0.25, 0.3) is 10.2 Å². The number of nitrogens with one attached hydrogen (secondary N) is 1. The summed E-state index contributed by atoms with van der Waals surface area (Å²) in [7, 11) is 0. The smallest absolute Gasteiger partial charge is 0.147 e. The molecule has 3 rings (SSSR count). The van der Waals surface area contributed by atoms with Crippen LogP contribution in [-0.2, 0) is 0 Å². The summed E-state index contributed by atoms with van der Waals surface area (Å²) in [5, 5.41) is 5.74. The second-order valence-electron chi connectivity index (χ2n) is 5.79. The number of hydrogen-bond donors (Lipinski definition) is 1. The molecule has 1 unspecified atom stereocenters. The first-order valence-electron chi connectivity index (χ1n) is 6.61. The van der Waals surface area contributed by atoms with Crippen molar-refractivity contribution in [3.63, 3.8) is 0 Å². The summed E-state index contributed by atoms with van der Waals surface area (Å²) < 4.78 is 1.18. The van der Waals surface area contributed by atoms with Gasteiger partial charge in [-0.05, 0) is 29.7 Å². The van der Waals surface area contributed by atoms with Crippen LogP contribution in [0.2, 0.25) is 0 Å². The van der Waals surface area contributed by atoms with Gasteiger partial charge in [0.05, 0.1) is 10.2 Å². The highest BCUT2D eigenvalue weighted by Gasteiger charge is 2.32. The lowest BCUT2D eigenvalue weighted by Crippen LogP contribution is -2.39. The average Bonchev–Trinajstić information content (AvgIpc) is 2.81. The van der Waals surface area contributed by atoms with Crippen LogP contribution in [0.4, 0.5) is 5.82 Å². The molecule has 1 N–H and O–H groups in total. The topological polar surface area (TPSA) is 37.8 Å². The molecular formula is C14H19N3S. The third-order valence-electron chi connectivity index (χ3n) is 4.06. The lowest BCUT2D eigenvalue weighted by atomic mass is 9.73. The minimum atomic E-state index is 0.354. The highest BCUT2D eigenvalue weighted by atomic mass is 32.1. The fraction of sp³-hybridized carbons (Fsp3) is 0.571. The van der Waals surface area contributed by atoms with Gasteiger partial charge in [0.2, 0.25) is 0 Å². The monoisotopic (exact) mass is 261 g/mol. The molecule has 1 aliphatic carbocycles. The Balaban J connectivity index is 1.89. The molecule has 2 heterocycles. The summed E-state index contributed by atoms with van der Waals surface area (Å²) >= 11 is 1.72. The Kier molecular flexibility index (Phi) is 2.98. The number of hydrogen-bond acceptors (Lipinski definition) is 4. The maximum Gasteiger partial charge on any atom is 0.147 e. The highest BCUT2D eigenvalue weighted by molar-refractivity contribution is 7.17. The van der Waals surface area contributed by atoms with Crippen LogP contribution in [0, 0.1) is 5.41 Å². The van der Waals surface area contributed by atoms with Crippen molar-refractivity contribution < 1.29 is 0 Å². The summed E-state index contributed by atoms with van der Waals surface area (Å²) in [6.07, 6.45) is 6.86. The van der Waals surface area contributed by atoms with Crippen molar-refractivity contribution in [1.29, 1.82) is 0 Å². The number of anilines is 1. The predicted octanol–water partition coefficient (Wildman–Crippen LogP) is 4.07. The van der Waals surface area contributed by atoms with E-state index in [-0.39, 0.29) is 0 Å². The number of aromatic nitrogens is 2. The van der Waals surface area contributed by atoms with E-state index in [9.17, 15) is 0 Å². The van der Waals surface area contributed by atoms with Gasteiger partial charge in [-0.15, -0.1) is 11.3 Å². The van der Waals surface area contributed by atoms with Crippen molar-refractivity contribution in [3.05, 3.63) is 17.8 Å². The Morgan fingerprint density at radius 1 is 1.33 bits per heavy atom. The Labute approximate surface area is 112 Å². The zero-order valence-electron chi connectivity index (χ0n) is 10.9. The van der Waals surface area contributed by atoms with Gasteiger partial charge in [0.15, 0.2) is 0 Å². The molecule has 0 amide bonds. The predicted molar refractivity (Wildman–Crippen MR) is 77.1 cm³/mol. The van der Waals surface area contributed by atoms with E-state index in [1.807, 2.05) is 0 Å². The van der Waals surface area contributed by atoms with E-state index in [0.717, 1.165) is 11.3 Å². The first kappa shape index (κ1) is 11.9. The van der Waals surface area contributed by atoms with Gasteiger partial charge in [0.25, 0.3) is 0 Å². The molecule has 18 heavy (non-hydrogen) atoms. The third-order valence-corrected chi connectivity index (χ3v) is 4.97. The summed E-state index contributed by atoms with van der Waals surface area (Å²) in [6.45, 7) is 4.72. The Morgan fingerprint density at radius 2 is 2.22 bits per heavy atom. The zero-order valence-corrected chi connectivity index (χ0v) is 11.8. The molecule has 1 fully saturated rings. The van der Waals surface area contributed by atoms with E-state index >= 15 is 0 Å². The maximum atomic E-state index is 4.43. The van der Waals surface area contributed by atoms with Crippen LogP contribution in [0.1, 0.15) is 39.5 Å². The van der Waals surface area contributed by atoms with Crippen molar-refractivity contribution >= 4 is 27.4 Å². The number of rotatable bonds is 2. The number of nitrogens with zero attached hydrogens (tertiary/aromatic N) is 2. The quantitative estimate of drug-likeness (QED) is 0.885. The first-order chi connectivity index (χ1) is 8.67. The van der Waals surface area contributed by atoms with Crippen molar-refractivity contribution in [2.24, 2.45) is 5.41 Å². The Morgan fingerprint density at radius 3 is 3.06 bits per heavy atom. The molecule has 1 saturated carbocycles. The fourth-order valence-corrected chi connectivity index (χ4v) is 3.62. The van der Waals surface area contributed by atoms with E-state index in [0.29, 0.717) is 11.5 Å². The largest absolute Gasteiger partial charge is 0.366 e. The molecule has 3 nitrogen and oxygen atoms in total. The van der Waals surface area contributed by atoms with Crippen LogP contribution in [0.5, 0.6) is 0 Å². The molecule has 0 bridgehead atoms. The van der Waals surface area contributed by atoms with Crippen molar-refractivity contribution in [3.8, 4) is 0 Å². The molecule has 96 valence electrons. The lowest BCUT2D eigenvalue weighted by Gasteiger charge is -2.39. The van der Waals surface area contributed by atoms with Crippen LogP contribution in [0.15, 0.2) is 17.8 Å². The molecule has 0 saturated heterocycles. The molecule has 0 radical (unpaired) electrons. The van der Waals surface area contributed by atoms with Crippen molar-refractivity contribution in [2.75, 3.05) is 5.32 Å². The van der Waals surface area contributed by atoms with Gasteiger partial charge in [-0.3, -0.25) is 0 Å². The summed E-state index contributed by atoms with van der Waals surface area (Å²) in [4.78, 5) is 8.72. The number of fused-ring (bicyclic) bond motifs is 1. The van der Waals surface area contributed by atoms with Gasteiger partial charge >= 0.3 is 0 Å². The molecule has 4 heteroatoms. The second kappa shape index (κ2) is 4.50. The van der Waals surface area contributed by atoms with Gasteiger partial charge in [-0.25, -0.2) is 9.97 Å². The number of thiophene rings is 1. The van der Waals surface area contributed by atoms with Gasteiger partial charge in [-0.1, -0.05) is 26.7 Å². The van der Waals surface area contributed by atoms with E-state index in [1.54, 1.807) is 17.7 Å². The maximum absolute atomic E-state index is 4.43. The van der Waals surface area contributed by atoms with Gasteiger partial charge in [0.1, 0.15) is 12.1 Å². The second-order valence-corrected chi connectivity index (χ2v) is 6.70. The molecule has 1 aliphatic rings. The first-order valence-corrected chi connectivity index (χ1v) is 7.49. The van der Waals surface area contributed by atoms with Gasteiger partial charge < -0.3 is 5.32 Å². The lowest BCUT2D eigenvalue weighted by molar-refractivity contribution is 0.217. The average molecular weight is 261 g/mol. The standard InChI is InChI=1S/C14H19N3S/c1-14(2)7-4-3-5-11(14)17-13-12-10(6-8-18-12)15-9-16-13/h6,8-9,11H,3-5,7H2,1-2H3,(H,15,16,17).